The maximum atomic E-state index is 3.80. The lowest BCUT2D eigenvalue weighted by Crippen LogP contribution is -2.48. The van der Waals surface area contributed by atoms with Crippen molar-refractivity contribution in [3.8, 4) is 0 Å². The normalized spacial score (nSPS) is 23.7. The van der Waals surface area contributed by atoms with Gasteiger partial charge in [-0.05, 0) is 63.5 Å². The van der Waals surface area contributed by atoms with Gasteiger partial charge in [0.2, 0.25) is 0 Å². The number of fused-ring (bicyclic) bond motifs is 1. The molecule has 1 aromatic rings. The molecule has 0 saturated heterocycles. The summed E-state index contributed by atoms with van der Waals surface area (Å²) in [5.41, 5.74) is 3.72. The molecule has 1 aliphatic carbocycles. The van der Waals surface area contributed by atoms with E-state index in [4.69, 9.17) is 0 Å². The lowest BCUT2D eigenvalue weighted by Gasteiger charge is -2.43. The molecular formula is C20H33N. The van der Waals surface area contributed by atoms with Gasteiger partial charge in [0.25, 0.3) is 0 Å². The Bertz CT molecular complexity index is 457. The van der Waals surface area contributed by atoms with Crippen molar-refractivity contribution in [3.05, 3.63) is 35.4 Å². The van der Waals surface area contributed by atoms with E-state index in [1.165, 1.54) is 32.1 Å². The molecule has 1 nitrogen and oxygen atoms in total. The number of hydrogen-bond donors (Lipinski definition) is 1. The number of aryl methyl sites for hydroxylation is 1. The van der Waals surface area contributed by atoms with Crippen molar-refractivity contribution in [3.63, 3.8) is 0 Å². The Hall–Kier alpha value is -0.820. The van der Waals surface area contributed by atoms with Gasteiger partial charge in [-0.1, -0.05) is 44.5 Å². The van der Waals surface area contributed by atoms with Gasteiger partial charge in [-0.2, -0.15) is 0 Å². The van der Waals surface area contributed by atoms with Crippen molar-refractivity contribution in [1.29, 1.82) is 0 Å². The van der Waals surface area contributed by atoms with Gasteiger partial charge in [0.15, 0.2) is 0 Å². The van der Waals surface area contributed by atoms with Crippen LogP contribution in [0.2, 0.25) is 0 Å². The smallest absolute Gasteiger partial charge is 0.00968 e. The molecule has 1 aromatic carbocycles. The maximum Gasteiger partial charge on any atom is 0.00968 e. The summed E-state index contributed by atoms with van der Waals surface area (Å²) >= 11 is 0. The van der Waals surface area contributed by atoms with E-state index in [1.54, 1.807) is 11.1 Å². The second-order valence-corrected chi connectivity index (χ2v) is 8.11. The van der Waals surface area contributed by atoms with Crippen LogP contribution in [0, 0.1) is 5.92 Å². The second-order valence-electron chi connectivity index (χ2n) is 8.11. The Morgan fingerprint density at radius 3 is 2.62 bits per heavy atom. The van der Waals surface area contributed by atoms with E-state index in [1.807, 2.05) is 0 Å². The van der Waals surface area contributed by atoms with Crippen LogP contribution >= 0.6 is 0 Å². The summed E-state index contributed by atoms with van der Waals surface area (Å²) in [6.07, 6.45) is 6.51. The zero-order valence-electron chi connectivity index (χ0n) is 14.6. The highest BCUT2D eigenvalue weighted by molar-refractivity contribution is 5.37. The highest BCUT2D eigenvalue weighted by atomic mass is 15.0. The van der Waals surface area contributed by atoms with E-state index in [0.717, 1.165) is 12.5 Å². The van der Waals surface area contributed by atoms with Crippen LogP contribution in [0.25, 0.3) is 0 Å². The third kappa shape index (κ3) is 4.10. The molecule has 0 heterocycles. The number of rotatable bonds is 5. The largest absolute Gasteiger partial charge is 0.311 e. The third-order valence-electron chi connectivity index (χ3n) is 5.08. The van der Waals surface area contributed by atoms with Gasteiger partial charge in [0.1, 0.15) is 0 Å². The van der Waals surface area contributed by atoms with Gasteiger partial charge in [-0.25, -0.2) is 0 Å². The Labute approximate surface area is 131 Å². The summed E-state index contributed by atoms with van der Waals surface area (Å²) in [6.45, 7) is 12.7. The highest BCUT2D eigenvalue weighted by Crippen LogP contribution is 2.42. The molecule has 0 radical (unpaired) electrons. The van der Waals surface area contributed by atoms with Crippen molar-refractivity contribution < 1.29 is 0 Å². The molecule has 1 heteroatoms. The maximum absolute atomic E-state index is 3.80. The Kier molecular flexibility index (Phi) is 5.14. The monoisotopic (exact) mass is 287 g/mol. The molecular weight excluding hydrogens is 254 g/mol. The zero-order chi connectivity index (χ0) is 15.5. The third-order valence-corrected chi connectivity index (χ3v) is 5.08. The SMILES string of the molecule is CCC(C)CC1(CNC(C)(C)C)CCCc2ccccc21. The van der Waals surface area contributed by atoms with E-state index in [-0.39, 0.29) is 5.54 Å². The topological polar surface area (TPSA) is 12.0 Å². The fourth-order valence-corrected chi connectivity index (χ4v) is 3.72. The molecule has 21 heavy (non-hydrogen) atoms. The highest BCUT2D eigenvalue weighted by Gasteiger charge is 2.37. The Balaban J connectivity index is 2.32. The van der Waals surface area contributed by atoms with E-state index < -0.39 is 0 Å². The quantitative estimate of drug-likeness (QED) is 0.796. The molecule has 2 unspecified atom stereocenters. The van der Waals surface area contributed by atoms with Gasteiger partial charge in [0.05, 0.1) is 0 Å². The van der Waals surface area contributed by atoms with Crippen LogP contribution in [-0.4, -0.2) is 12.1 Å². The summed E-state index contributed by atoms with van der Waals surface area (Å²) < 4.78 is 0. The molecule has 0 aromatic heterocycles. The molecule has 1 aliphatic rings. The summed E-state index contributed by atoms with van der Waals surface area (Å²) in [7, 11) is 0. The van der Waals surface area contributed by atoms with E-state index in [0.29, 0.717) is 5.41 Å². The minimum absolute atomic E-state index is 0.189. The van der Waals surface area contributed by atoms with E-state index in [2.05, 4.69) is 64.2 Å². The van der Waals surface area contributed by atoms with Crippen LogP contribution in [0.5, 0.6) is 0 Å². The van der Waals surface area contributed by atoms with Crippen molar-refractivity contribution in [2.75, 3.05) is 6.54 Å². The van der Waals surface area contributed by atoms with Crippen LogP contribution in [0.1, 0.15) is 71.4 Å². The Morgan fingerprint density at radius 1 is 1.24 bits per heavy atom. The summed E-state index contributed by atoms with van der Waals surface area (Å²) in [6, 6.07) is 9.17. The first-order valence-corrected chi connectivity index (χ1v) is 8.70. The minimum atomic E-state index is 0.189. The van der Waals surface area contributed by atoms with Crippen molar-refractivity contribution >= 4 is 0 Å². The molecule has 0 bridgehead atoms. The number of nitrogens with one attached hydrogen (secondary N) is 1. The first kappa shape index (κ1) is 16.5. The number of benzene rings is 1. The molecule has 2 rings (SSSR count). The first-order chi connectivity index (χ1) is 9.86. The fraction of sp³-hybridized carbons (Fsp3) is 0.700. The summed E-state index contributed by atoms with van der Waals surface area (Å²) in [4.78, 5) is 0. The predicted molar refractivity (Wildman–Crippen MR) is 92.9 cm³/mol. The van der Waals surface area contributed by atoms with Gasteiger partial charge in [-0.3, -0.25) is 0 Å². The molecule has 118 valence electrons. The average Bonchev–Trinajstić information content (AvgIpc) is 2.45. The Morgan fingerprint density at radius 2 is 1.95 bits per heavy atom. The van der Waals surface area contributed by atoms with Gasteiger partial charge in [-0.15, -0.1) is 0 Å². The molecule has 0 aliphatic heterocycles. The van der Waals surface area contributed by atoms with Crippen molar-refractivity contribution in [2.24, 2.45) is 5.92 Å². The number of hydrogen-bond acceptors (Lipinski definition) is 1. The first-order valence-electron chi connectivity index (χ1n) is 8.70. The van der Waals surface area contributed by atoms with Crippen molar-refractivity contribution in [2.45, 2.75) is 77.7 Å². The molecule has 0 fully saturated rings. The van der Waals surface area contributed by atoms with Gasteiger partial charge >= 0.3 is 0 Å². The standard InChI is InChI=1S/C20H33N/c1-6-16(2)14-20(15-21-19(3,4)5)13-9-11-17-10-7-8-12-18(17)20/h7-8,10,12,16,21H,6,9,11,13-15H2,1-5H3. The lowest BCUT2D eigenvalue weighted by molar-refractivity contribution is 0.245. The van der Waals surface area contributed by atoms with E-state index >= 15 is 0 Å². The summed E-state index contributed by atoms with van der Waals surface area (Å²) in [5, 5.41) is 3.80. The second kappa shape index (κ2) is 6.52. The average molecular weight is 287 g/mol. The zero-order valence-corrected chi connectivity index (χ0v) is 14.6. The summed E-state index contributed by atoms with van der Waals surface area (Å²) in [5.74, 6) is 0.790. The van der Waals surface area contributed by atoms with Crippen LogP contribution in [0.4, 0.5) is 0 Å². The van der Waals surface area contributed by atoms with Crippen LogP contribution in [0.3, 0.4) is 0 Å². The fourth-order valence-electron chi connectivity index (χ4n) is 3.72. The molecule has 2 atom stereocenters. The van der Waals surface area contributed by atoms with Crippen LogP contribution in [0.15, 0.2) is 24.3 Å². The lowest BCUT2D eigenvalue weighted by atomic mass is 9.65. The predicted octanol–water partition coefficient (Wildman–Crippen LogP) is 5.09. The molecule has 0 amide bonds. The van der Waals surface area contributed by atoms with Crippen LogP contribution < -0.4 is 5.32 Å². The van der Waals surface area contributed by atoms with Gasteiger partial charge in [0, 0.05) is 17.5 Å². The van der Waals surface area contributed by atoms with E-state index in [9.17, 15) is 0 Å². The van der Waals surface area contributed by atoms with Crippen molar-refractivity contribution in [1.82, 2.24) is 5.32 Å². The van der Waals surface area contributed by atoms with Gasteiger partial charge < -0.3 is 5.32 Å². The molecule has 0 spiro atoms. The van der Waals surface area contributed by atoms with Crippen LogP contribution in [-0.2, 0) is 11.8 Å². The molecule has 0 saturated carbocycles. The minimum Gasteiger partial charge on any atom is -0.311 e. The molecule has 1 N–H and O–H groups in total.